The quantitative estimate of drug-likeness (QED) is 0.380. The molecule has 0 radical (unpaired) electrons. The number of nitrogens with zero attached hydrogens (tertiary/aromatic N) is 1. The Balaban J connectivity index is 2.88. The standard InChI is InChI=1S/C17H22N2O6/c1-11(2)23-16(21)18-19(17(22)24-12(3)4)13(5)15(20)25-14-9-7-6-8-10-14/h6-12H,5H2,1-4H3,(H,18,21). The van der Waals surface area contributed by atoms with E-state index in [9.17, 15) is 14.4 Å². The Kier molecular flexibility index (Phi) is 7.45. The molecule has 0 saturated carbocycles. The minimum atomic E-state index is -0.995. The van der Waals surface area contributed by atoms with Gasteiger partial charge in [-0.3, -0.25) is 0 Å². The zero-order chi connectivity index (χ0) is 19.0. The van der Waals surface area contributed by atoms with E-state index < -0.39 is 36.1 Å². The van der Waals surface area contributed by atoms with Crippen LogP contribution in [0.15, 0.2) is 42.6 Å². The molecule has 25 heavy (non-hydrogen) atoms. The minimum absolute atomic E-state index is 0.260. The average molecular weight is 350 g/mol. The maximum atomic E-state index is 12.2. The Morgan fingerprint density at radius 3 is 2.08 bits per heavy atom. The van der Waals surface area contributed by atoms with Crippen molar-refractivity contribution in [2.75, 3.05) is 0 Å². The molecular formula is C17H22N2O6. The van der Waals surface area contributed by atoms with E-state index in [1.165, 1.54) is 0 Å². The summed E-state index contributed by atoms with van der Waals surface area (Å²) in [4.78, 5) is 36.1. The third kappa shape index (κ3) is 6.94. The molecule has 0 saturated heterocycles. The fourth-order valence-corrected chi connectivity index (χ4v) is 1.56. The molecule has 0 spiro atoms. The van der Waals surface area contributed by atoms with Gasteiger partial charge in [0.25, 0.3) is 0 Å². The van der Waals surface area contributed by atoms with Crippen LogP contribution < -0.4 is 10.2 Å². The van der Waals surface area contributed by atoms with Crippen LogP contribution in [-0.2, 0) is 14.3 Å². The molecular weight excluding hydrogens is 328 g/mol. The molecule has 0 aromatic heterocycles. The molecule has 0 heterocycles. The molecule has 1 rings (SSSR count). The molecule has 0 fully saturated rings. The second-order valence-corrected chi connectivity index (χ2v) is 5.48. The minimum Gasteiger partial charge on any atom is -0.446 e. The predicted molar refractivity (Wildman–Crippen MR) is 89.4 cm³/mol. The molecule has 1 aromatic carbocycles. The van der Waals surface area contributed by atoms with Crippen molar-refractivity contribution in [2.45, 2.75) is 39.9 Å². The van der Waals surface area contributed by atoms with Crippen LogP contribution in [0.5, 0.6) is 5.75 Å². The Morgan fingerprint density at radius 2 is 1.56 bits per heavy atom. The molecule has 1 N–H and O–H groups in total. The topological polar surface area (TPSA) is 94.2 Å². The smallest absolute Gasteiger partial charge is 0.434 e. The summed E-state index contributed by atoms with van der Waals surface area (Å²) in [5.41, 5.74) is 1.68. The number of esters is 1. The lowest BCUT2D eigenvalue weighted by Crippen LogP contribution is -2.49. The molecule has 8 heteroatoms. The zero-order valence-electron chi connectivity index (χ0n) is 14.6. The summed E-state index contributed by atoms with van der Waals surface area (Å²) in [6.45, 7) is 10.00. The molecule has 0 bridgehead atoms. The van der Waals surface area contributed by atoms with Gasteiger partial charge in [0.1, 0.15) is 11.4 Å². The number of hydrazine groups is 1. The number of benzene rings is 1. The van der Waals surface area contributed by atoms with Gasteiger partial charge < -0.3 is 14.2 Å². The van der Waals surface area contributed by atoms with Gasteiger partial charge in [0.15, 0.2) is 0 Å². The van der Waals surface area contributed by atoms with Crippen LogP contribution in [-0.4, -0.2) is 35.4 Å². The van der Waals surface area contributed by atoms with E-state index in [1.807, 2.05) is 0 Å². The van der Waals surface area contributed by atoms with Crippen molar-refractivity contribution in [3.8, 4) is 5.75 Å². The summed E-state index contributed by atoms with van der Waals surface area (Å²) in [7, 11) is 0. The molecule has 1 aromatic rings. The maximum Gasteiger partial charge on any atom is 0.434 e. The lowest BCUT2D eigenvalue weighted by Gasteiger charge is -2.24. The summed E-state index contributed by atoms with van der Waals surface area (Å²) in [5, 5.41) is 0.552. The number of carbonyl (C=O) groups excluding carboxylic acids is 3. The number of nitrogens with one attached hydrogen (secondary N) is 1. The van der Waals surface area contributed by atoms with Gasteiger partial charge >= 0.3 is 18.2 Å². The molecule has 2 amide bonds. The Hall–Kier alpha value is -3.03. The molecule has 0 aliphatic carbocycles. The van der Waals surface area contributed by atoms with Crippen LogP contribution in [0.2, 0.25) is 0 Å². The fraction of sp³-hybridized carbons (Fsp3) is 0.353. The van der Waals surface area contributed by atoms with Crippen LogP contribution in [0.3, 0.4) is 0 Å². The molecule has 136 valence electrons. The van der Waals surface area contributed by atoms with E-state index in [0.717, 1.165) is 0 Å². The van der Waals surface area contributed by atoms with Gasteiger partial charge in [0.05, 0.1) is 12.2 Å². The van der Waals surface area contributed by atoms with E-state index in [1.54, 1.807) is 58.0 Å². The van der Waals surface area contributed by atoms with E-state index in [0.29, 0.717) is 5.01 Å². The summed E-state index contributed by atoms with van der Waals surface area (Å²) in [6, 6.07) is 8.22. The highest BCUT2D eigenvalue weighted by Gasteiger charge is 2.28. The van der Waals surface area contributed by atoms with Gasteiger partial charge in [-0.25, -0.2) is 19.8 Å². The van der Waals surface area contributed by atoms with Crippen LogP contribution in [0.25, 0.3) is 0 Å². The van der Waals surface area contributed by atoms with Crippen molar-refractivity contribution < 1.29 is 28.6 Å². The Morgan fingerprint density at radius 1 is 1.00 bits per heavy atom. The number of ether oxygens (including phenoxy) is 3. The SMILES string of the molecule is C=C(C(=O)Oc1ccccc1)N(NC(=O)OC(C)C)C(=O)OC(C)C. The van der Waals surface area contributed by atoms with E-state index >= 15 is 0 Å². The first-order chi connectivity index (χ1) is 11.7. The van der Waals surface area contributed by atoms with Crippen molar-refractivity contribution in [1.82, 2.24) is 10.4 Å². The van der Waals surface area contributed by atoms with Crippen molar-refractivity contribution >= 4 is 18.2 Å². The fourth-order valence-electron chi connectivity index (χ4n) is 1.56. The summed E-state index contributed by atoms with van der Waals surface area (Å²) >= 11 is 0. The number of hydrogen-bond acceptors (Lipinski definition) is 6. The largest absolute Gasteiger partial charge is 0.446 e. The van der Waals surface area contributed by atoms with Crippen LogP contribution in [0.1, 0.15) is 27.7 Å². The highest BCUT2D eigenvalue weighted by Crippen LogP contribution is 2.13. The molecule has 0 aliphatic heterocycles. The number of carbonyl (C=O) groups is 3. The normalized spacial score (nSPS) is 10.2. The lowest BCUT2D eigenvalue weighted by atomic mass is 10.3. The highest BCUT2D eigenvalue weighted by atomic mass is 16.6. The van der Waals surface area contributed by atoms with Crippen LogP contribution in [0, 0.1) is 0 Å². The first-order valence-electron chi connectivity index (χ1n) is 7.64. The van der Waals surface area contributed by atoms with E-state index in [2.05, 4.69) is 12.0 Å². The maximum absolute atomic E-state index is 12.2. The Labute approximate surface area is 146 Å². The van der Waals surface area contributed by atoms with Crippen LogP contribution in [0.4, 0.5) is 9.59 Å². The predicted octanol–water partition coefficient (Wildman–Crippen LogP) is 3.00. The van der Waals surface area contributed by atoms with Crippen molar-refractivity contribution in [1.29, 1.82) is 0 Å². The molecule has 0 unspecified atom stereocenters. The molecule has 0 atom stereocenters. The average Bonchev–Trinajstić information content (AvgIpc) is 2.51. The summed E-state index contributed by atoms with van der Waals surface area (Å²) in [6.07, 6.45) is -2.83. The van der Waals surface area contributed by atoms with Gasteiger partial charge in [-0.1, -0.05) is 24.8 Å². The molecule has 0 aliphatic rings. The van der Waals surface area contributed by atoms with Gasteiger partial charge in [0.2, 0.25) is 0 Å². The molecule has 8 nitrogen and oxygen atoms in total. The number of amides is 2. The third-order valence-electron chi connectivity index (χ3n) is 2.52. The summed E-state index contributed by atoms with van der Waals surface area (Å²) in [5.74, 6) is -0.674. The second kappa shape index (κ2) is 9.31. The third-order valence-corrected chi connectivity index (χ3v) is 2.52. The van der Waals surface area contributed by atoms with E-state index in [4.69, 9.17) is 14.2 Å². The van der Waals surface area contributed by atoms with Gasteiger partial charge in [0, 0.05) is 0 Å². The van der Waals surface area contributed by atoms with Gasteiger partial charge in [-0.15, -0.1) is 0 Å². The lowest BCUT2D eigenvalue weighted by molar-refractivity contribution is -0.132. The Bertz CT molecular complexity index is 627. The van der Waals surface area contributed by atoms with Gasteiger partial charge in [-0.05, 0) is 39.8 Å². The number of rotatable bonds is 5. The first kappa shape index (κ1) is 20.0. The van der Waals surface area contributed by atoms with Gasteiger partial charge in [-0.2, -0.15) is 5.01 Å². The monoisotopic (exact) mass is 350 g/mol. The zero-order valence-corrected chi connectivity index (χ0v) is 14.6. The van der Waals surface area contributed by atoms with Crippen LogP contribution >= 0.6 is 0 Å². The number of hydrogen-bond donors (Lipinski definition) is 1. The highest BCUT2D eigenvalue weighted by molar-refractivity contribution is 5.93. The second-order valence-electron chi connectivity index (χ2n) is 5.48. The van der Waals surface area contributed by atoms with Crippen molar-refractivity contribution in [2.24, 2.45) is 0 Å². The van der Waals surface area contributed by atoms with E-state index in [-0.39, 0.29) is 5.75 Å². The van der Waals surface area contributed by atoms with Crippen molar-refractivity contribution in [3.63, 3.8) is 0 Å². The van der Waals surface area contributed by atoms with Crippen molar-refractivity contribution in [3.05, 3.63) is 42.6 Å². The number of para-hydroxylation sites is 1. The first-order valence-corrected chi connectivity index (χ1v) is 7.64. The summed E-state index contributed by atoms with van der Waals surface area (Å²) < 4.78 is 15.0.